The minimum atomic E-state index is -0.665. The third-order valence-corrected chi connectivity index (χ3v) is 5.54. The molecule has 3 N–H and O–H groups in total. The second kappa shape index (κ2) is 8.81. The highest BCUT2D eigenvalue weighted by molar-refractivity contribution is 6.38. The lowest BCUT2D eigenvalue weighted by Crippen LogP contribution is -2.24. The Morgan fingerprint density at radius 3 is 2.26 bits per heavy atom. The van der Waals surface area contributed by atoms with Crippen molar-refractivity contribution in [1.29, 1.82) is 0 Å². The second-order valence-electron chi connectivity index (χ2n) is 6.58. The maximum atomic E-state index is 13.3. The quantitative estimate of drug-likeness (QED) is 0.283. The van der Waals surface area contributed by atoms with Crippen LogP contribution in [-0.2, 0) is 0 Å². The summed E-state index contributed by atoms with van der Waals surface area (Å²) in [6.07, 6.45) is 0. The zero-order valence-electron chi connectivity index (χ0n) is 15.6. The monoisotopic (exact) mass is 491 g/mol. The fraction of sp³-hybridized carbons (Fsp3) is 0. The number of fused-ring (bicyclic) bond motifs is 1. The summed E-state index contributed by atoms with van der Waals surface area (Å²) in [5.74, 6) is -0.489. The van der Waals surface area contributed by atoms with Gasteiger partial charge in [0.15, 0.2) is 0 Å². The zero-order chi connectivity index (χ0) is 22.1. The number of benzene rings is 3. The summed E-state index contributed by atoms with van der Waals surface area (Å²) in [4.78, 5) is 29.5. The first kappa shape index (κ1) is 21.5. The summed E-state index contributed by atoms with van der Waals surface area (Å²) >= 11 is 24.5. The van der Waals surface area contributed by atoms with E-state index in [0.29, 0.717) is 21.9 Å². The first-order valence-electron chi connectivity index (χ1n) is 8.97. The Morgan fingerprint density at radius 2 is 1.55 bits per heavy atom. The van der Waals surface area contributed by atoms with Gasteiger partial charge in [0.1, 0.15) is 11.4 Å². The first-order chi connectivity index (χ1) is 14.8. The standard InChI is InChI=1S/C22H13Cl4N3O2/c23-11-6-7-17(15(25)9-11)28-22(31)18-20(30)14-8-12(24)10-16(26)19(14)29-21(18)27-13-4-2-1-3-5-13/h1-10H,(H,28,31)(H2,27,29,30). The lowest BCUT2D eigenvalue weighted by Gasteiger charge is -2.15. The topological polar surface area (TPSA) is 74.0 Å². The van der Waals surface area contributed by atoms with Crippen molar-refractivity contribution in [2.45, 2.75) is 0 Å². The molecule has 0 fully saturated rings. The molecule has 0 radical (unpaired) electrons. The van der Waals surface area contributed by atoms with E-state index in [4.69, 9.17) is 46.4 Å². The van der Waals surface area contributed by atoms with E-state index in [0.717, 1.165) is 0 Å². The van der Waals surface area contributed by atoms with Gasteiger partial charge in [-0.05, 0) is 42.5 Å². The molecule has 4 aromatic rings. The van der Waals surface area contributed by atoms with Gasteiger partial charge in [0, 0.05) is 21.1 Å². The van der Waals surface area contributed by atoms with Crippen LogP contribution in [0.5, 0.6) is 0 Å². The molecule has 0 spiro atoms. The number of hydrogen-bond acceptors (Lipinski definition) is 3. The van der Waals surface area contributed by atoms with Crippen LogP contribution in [0.15, 0.2) is 65.5 Å². The Morgan fingerprint density at radius 1 is 0.839 bits per heavy atom. The normalized spacial score (nSPS) is 10.8. The van der Waals surface area contributed by atoms with Gasteiger partial charge in [-0.25, -0.2) is 0 Å². The largest absolute Gasteiger partial charge is 0.341 e. The molecule has 5 nitrogen and oxygen atoms in total. The van der Waals surface area contributed by atoms with Crippen molar-refractivity contribution in [3.8, 4) is 0 Å². The number of halogens is 4. The SMILES string of the molecule is O=C(Nc1ccc(Cl)cc1Cl)c1c(Nc2ccccc2)[nH]c2c(Cl)cc(Cl)cc2c1=O. The third-order valence-electron chi connectivity index (χ3n) is 4.48. The van der Waals surface area contributed by atoms with Gasteiger partial charge in [-0.15, -0.1) is 0 Å². The van der Waals surface area contributed by atoms with E-state index in [1.807, 2.05) is 18.2 Å². The molecule has 1 amide bonds. The van der Waals surface area contributed by atoms with E-state index in [9.17, 15) is 9.59 Å². The van der Waals surface area contributed by atoms with Crippen molar-refractivity contribution in [2.24, 2.45) is 0 Å². The van der Waals surface area contributed by atoms with Gasteiger partial charge in [0.2, 0.25) is 5.43 Å². The molecule has 0 aliphatic rings. The predicted molar refractivity (Wildman–Crippen MR) is 129 cm³/mol. The number of pyridine rings is 1. The van der Waals surface area contributed by atoms with Gasteiger partial charge in [-0.2, -0.15) is 0 Å². The van der Waals surface area contributed by atoms with Crippen LogP contribution in [0.1, 0.15) is 10.4 Å². The minimum absolute atomic E-state index is 0.152. The number of para-hydroxylation sites is 1. The van der Waals surface area contributed by atoms with E-state index in [-0.39, 0.29) is 31.8 Å². The van der Waals surface area contributed by atoms with E-state index in [1.54, 1.807) is 24.3 Å². The Balaban J connectivity index is 1.88. The minimum Gasteiger partial charge on any atom is -0.341 e. The lowest BCUT2D eigenvalue weighted by molar-refractivity contribution is 0.102. The molecule has 1 heterocycles. The molecule has 0 unspecified atom stereocenters. The van der Waals surface area contributed by atoms with Crippen LogP contribution >= 0.6 is 46.4 Å². The van der Waals surface area contributed by atoms with E-state index in [2.05, 4.69) is 15.6 Å². The Kier molecular flexibility index (Phi) is 6.12. The van der Waals surface area contributed by atoms with Gasteiger partial charge in [0.05, 0.1) is 21.2 Å². The smallest absolute Gasteiger partial charge is 0.263 e. The van der Waals surface area contributed by atoms with Crippen LogP contribution in [0.4, 0.5) is 17.2 Å². The molecule has 0 atom stereocenters. The number of nitrogens with one attached hydrogen (secondary N) is 3. The lowest BCUT2D eigenvalue weighted by atomic mass is 10.1. The molecule has 0 saturated heterocycles. The second-order valence-corrected chi connectivity index (χ2v) is 8.27. The van der Waals surface area contributed by atoms with Gasteiger partial charge in [-0.3, -0.25) is 9.59 Å². The number of carbonyl (C=O) groups excluding carboxylic acids is 1. The number of anilines is 3. The van der Waals surface area contributed by atoms with Crippen molar-refractivity contribution >= 4 is 80.4 Å². The van der Waals surface area contributed by atoms with E-state index >= 15 is 0 Å². The molecular weight excluding hydrogens is 480 g/mol. The number of amides is 1. The molecule has 1 aromatic heterocycles. The van der Waals surface area contributed by atoms with Crippen molar-refractivity contribution in [3.05, 3.63) is 96.5 Å². The molecule has 156 valence electrons. The average Bonchev–Trinajstić information content (AvgIpc) is 2.72. The molecule has 0 saturated carbocycles. The summed E-state index contributed by atoms with van der Waals surface area (Å²) in [5, 5.41) is 7.10. The maximum Gasteiger partial charge on any atom is 0.263 e. The van der Waals surface area contributed by atoms with Gasteiger partial charge in [0.25, 0.3) is 5.91 Å². The molecule has 0 aliphatic heterocycles. The summed E-state index contributed by atoms with van der Waals surface area (Å²) in [6, 6.07) is 16.7. The summed E-state index contributed by atoms with van der Waals surface area (Å²) in [7, 11) is 0. The fourth-order valence-corrected chi connectivity index (χ4v) is 4.06. The van der Waals surface area contributed by atoms with Gasteiger partial charge < -0.3 is 15.6 Å². The molecule has 4 rings (SSSR count). The predicted octanol–water partition coefficient (Wildman–Crippen LogP) is 7.14. The number of rotatable bonds is 4. The number of aromatic nitrogens is 1. The van der Waals surface area contributed by atoms with Crippen LogP contribution in [0, 0.1) is 0 Å². The average molecular weight is 493 g/mol. The molecule has 0 aliphatic carbocycles. The van der Waals surface area contributed by atoms with Crippen molar-refractivity contribution in [2.75, 3.05) is 10.6 Å². The van der Waals surface area contributed by atoms with Crippen molar-refractivity contribution in [1.82, 2.24) is 4.98 Å². The number of carbonyl (C=O) groups is 1. The van der Waals surface area contributed by atoms with Gasteiger partial charge >= 0.3 is 0 Å². The Bertz CT molecular complexity index is 1370. The number of H-pyrrole nitrogens is 1. The Labute approximate surface area is 196 Å². The van der Waals surface area contributed by atoms with Crippen LogP contribution in [0.25, 0.3) is 10.9 Å². The molecular formula is C22H13Cl4N3O2. The highest BCUT2D eigenvalue weighted by atomic mass is 35.5. The fourth-order valence-electron chi connectivity index (χ4n) is 3.07. The third kappa shape index (κ3) is 4.50. The van der Waals surface area contributed by atoms with Crippen LogP contribution in [0.3, 0.4) is 0 Å². The van der Waals surface area contributed by atoms with E-state index in [1.165, 1.54) is 18.2 Å². The summed E-state index contributed by atoms with van der Waals surface area (Å²) in [6.45, 7) is 0. The highest BCUT2D eigenvalue weighted by Crippen LogP contribution is 2.30. The maximum absolute atomic E-state index is 13.3. The summed E-state index contributed by atoms with van der Waals surface area (Å²) < 4.78 is 0. The number of aromatic amines is 1. The first-order valence-corrected chi connectivity index (χ1v) is 10.5. The van der Waals surface area contributed by atoms with Crippen LogP contribution in [0.2, 0.25) is 20.1 Å². The van der Waals surface area contributed by atoms with Crippen LogP contribution in [-0.4, -0.2) is 10.9 Å². The zero-order valence-corrected chi connectivity index (χ0v) is 18.6. The summed E-state index contributed by atoms with van der Waals surface area (Å²) in [5.41, 5.74) is 0.641. The van der Waals surface area contributed by atoms with Crippen molar-refractivity contribution < 1.29 is 4.79 Å². The molecule has 9 heteroatoms. The van der Waals surface area contributed by atoms with E-state index < -0.39 is 11.3 Å². The Hall–Kier alpha value is -2.70. The molecule has 3 aromatic carbocycles. The van der Waals surface area contributed by atoms with Crippen LogP contribution < -0.4 is 16.1 Å². The van der Waals surface area contributed by atoms with Crippen molar-refractivity contribution in [3.63, 3.8) is 0 Å². The highest BCUT2D eigenvalue weighted by Gasteiger charge is 2.22. The molecule has 0 bridgehead atoms. The molecule has 31 heavy (non-hydrogen) atoms. The number of hydrogen-bond donors (Lipinski definition) is 3. The van der Waals surface area contributed by atoms with Gasteiger partial charge in [-0.1, -0.05) is 64.6 Å².